The first-order chi connectivity index (χ1) is 14.5. The van der Waals surface area contributed by atoms with Gasteiger partial charge in [-0.1, -0.05) is 28.9 Å². The van der Waals surface area contributed by atoms with Crippen LogP contribution in [0.4, 0.5) is 0 Å². The standard InChI is InChI=1S/C29H44O2/c1-20(2)12-9-13-21(3)14-10-15-22(4)16-11-18-29(8)19-17-26-25(7)27(30)23(5)24(6)28(26)31-29/h14,16,30H,1,9-13,15,17-19H2,2-8H3/b21-14+,22-16+/t29-/m1/s1. The van der Waals surface area contributed by atoms with Gasteiger partial charge >= 0.3 is 0 Å². The highest BCUT2D eigenvalue weighted by Crippen LogP contribution is 2.44. The molecule has 31 heavy (non-hydrogen) atoms. The number of hydrogen-bond donors (Lipinski definition) is 1. The Morgan fingerprint density at radius 3 is 2.29 bits per heavy atom. The first-order valence-corrected chi connectivity index (χ1v) is 12.0. The predicted octanol–water partition coefficient (Wildman–Crippen LogP) is 8.60. The summed E-state index contributed by atoms with van der Waals surface area (Å²) in [7, 11) is 0. The Bertz CT molecular complexity index is 856. The van der Waals surface area contributed by atoms with E-state index in [0.717, 1.165) is 67.4 Å². The lowest BCUT2D eigenvalue weighted by Gasteiger charge is -2.38. The average Bonchev–Trinajstić information content (AvgIpc) is 2.70. The fraction of sp³-hybridized carbons (Fsp3) is 0.586. The quantitative estimate of drug-likeness (QED) is 0.381. The molecule has 2 nitrogen and oxygen atoms in total. The second-order valence-corrected chi connectivity index (χ2v) is 10.1. The number of rotatable bonds is 10. The van der Waals surface area contributed by atoms with Crippen LogP contribution in [-0.4, -0.2) is 10.7 Å². The molecule has 1 heterocycles. The Hall–Kier alpha value is -1.96. The van der Waals surface area contributed by atoms with Gasteiger partial charge in [0.05, 0.1) is 0 Å². The van der Waals surface area contributed by atoms with Crippen LogP contribution in [0.2, 0.25) is 0 Å². The number of ether oxygens (including phenoxy) is 1. The van der Waals surface area contributed by atoms with Gasteiger partial charge in [0.15, 0.2) is 0 Å². The molecule has 0 spiro atoms. The van der Waals surface area contributed by atoms with E-state index in [2.05, 4.69) is 53.3 Å². The van der Waals surface area contributed by atoms with Crippen LogP contribution < -0.4 is 4.74 Å². The summed E-state index contributed by atoms with van der Waals surface area (Å²) in [6.45, 7) is 18.9. The summed E-state index contributed by atoms with van der Waals surface area (Å²) < 4.78 is 6.56. The molecule has 0 amide bonds. The van der Waals surface area contributed by atoms with E-state index < -0.39 is 0 Å². The van der Waals surface area contributed by atoms with Crippen LogP contribution >= 0.6 is 0 Å². The summed E-state index contributed by atoms with van der Waals surface area (Å²) in [6, 6.07) is 0. The van der Waals surface area contributed by atoms with Crippen molar-refractivity contribution < 1.29 is 9.84 Å². The molecule has 1 aliphatic rings. The van der Waals surface area contributed by atoms with Gasteiger partial charge < -0.3 is 9.84 Å². The molecule has 0 saturated carbocycles. The van der Waals surface area contributed by atoms with E-state index in [0.29, 0.717) is 5.75 Å². The lowest BCUT2D eigenvalue weighted by atomic mass is 9.85. The summed E-state index contributed by atoms with van der Waals surface area (Å²) >= 11 is 0. The van der Waals surface area contributed by atoms with Gasteiger partial charge in [0.1, 0.15) is 17.1 Å². The second kappa shape index (κ2) is 11.1. The maximum Gasteiger partial charge on any atom is 0.127 e. The molecule has 1 atom stereocenters. The topological polar surface area (TPSA) is 29.5 Å². The Kier molecular flexibility index (Phi) is 9.03. The molecule has 0 saturated heterocycles. The van der Waals surface area contributed by atoms with Gasteiger partial charge in [-0.05, 0) is 123 Å². The SMILES string of the molecule is C=C(C)CCC/C(C)=C/CC/C(C)=C/CC[C@]1(C)CCc2c(C)c(O)c(C)c(C)c2O1. The molecular formula is C29H44O2. The van der Waals surface area contributed by atoms with Crippen molar-refractivity contribution >= 4 is 0 Å². The fourth-order valence-electron chi connectivity index (χ4n) is 4.51. The van der Waals surface area contributed by atoms with Crippen molar-refractivity contribution in [3.8, 4) is 11.5 Å². The molecule has 0 fully saturated rings. The van der Waals surface area contributed by atoms with Crippen molar-refractivity contribution in [2.75, 3.05) is 0 Å². The largest absolute Gasteiger partial charge is 0.507 e. The highest BCUT2D eigenvalue weighted by Gasteiger charge is 2.33. The van der Waals surface area contributed by atoms with Crippen LogP contribution in [-0.2, 0) is 6.42 Å². The zero-order valence-electron chi connectivity index (χ0n) is 21.1. The lowest BCUT2D eigenvalue weighted by molar-refractivity contribution is 0.0558. The van der Waals surface area contributed by atoms with Crippen molar-refractivity contribution in [2.24, 2.45) is 0 Å². The molecule has 1 aliphatic heterocycles. The molecule has 0 radical (unpaired) electrons. The normalized spacial score (nSPS) is 19.2. The minimum Gasteiger partial charge on any atom is -0.507 e. The summed E-state index contributed by atoms with van der Waals surface area (Å²) in [4.78, 5) is 0. The van der Waals surface area contributed by atoms with E-state index >= 15 is 0 Å². The van der Waals surface area contributed by atoms with E-state index in [1.165, 1.54) is 35.1 Å². The van der Waals surface area contributed by atoms with Crippen LogP contribution in [0.5, 0.6) is 11.5 Å². The number of allylic oxidation sites excluding steroid dienone is 5. The average molecular weight is 425 g/mol. The highest BCUT2D eigenvalue weighted by molar-refractivity contribution is 5.58. The highest BCUT2D eigenvalue weighted by atomic mass is 16.5. The molecule has 0 aromatic heterocycles. The Morgan fingerprint density at radius 2 is 1.61 bits per heavy atom. The smallest absolute Gasteiger partial charge is 0.127 e. The van der Waals surface area contributed by atoms with Crippen molar-refractivity contribution in [1.29, 1.82) is 0 Å². The van der Waals surface area contributed by atoms with Gasteiger partial charge in [-0.15, -0.1) is 6.58 Å². The first-order valence-electron chi connectivity index (χ1n) is 12.0. The molecule has 1 N–H and O–H groups in total. The lowest BCUT2D eigenvalue weighted by Crippen LogP contribution is -2.37. The minimum absolute atomic E-state index is 0.135. The van der Waals surface area contributed by atoms with E-state index in [1.807, 2.05) is 13.8 Å². The van der Waals surface area contributed by atoms with Crippen LogP contribution in [0.15, 0.2) is 35.5 Å². The van der Waals surface area contributed by atoms with E-state index in [4.69, 9.17) is 4.74 Å². The predicted molar refractivity (Wildman–Crippen MR) is 134 cm³/mol. The molecule has 1 aromatic carbocycles. The summed E-state index contributed by atoms with van der Waals surface area (Å²) in [5, 5.41) is 10.4. The molecule has 172 valence electrons. The number of aromatic hydroxyl groups is 1. The van der Waals surface area contributed by atoms with Crippen LogP contribution in [0, 0.1) is 20.8 Å². The Labute approximate surface area is 191 Å². The van der Waals surface area contributed by atoms with Gasteiger partial charge in [-0.25, -0.2) is 0 Å². The number of fused-ring (bicyclic) bond motifs is 1. The van der Waals surface area contributed by atoms with Crippen LogP contribution in [0.1, 0.15) is 101 Å². The van der Waals surface area contributed by atoms with Gasteiger partial charge in [0.2, 0.25) is 0 Å². The molecule has 2 rings (SSSR count). The molecule has 2 heteroatoms. The van der Waals surface area contributed by atoms with E-state index in [1.54, 1.807) is 0 Å². The van der Waals surface area contributed by atoms with Gasteiger partial charge in [-0.2, -0.15) is 0 Å². The third kappa shape index (κ3) is 7.02. The third-order valence-electron chi connectivity index (χ3n) is 6.96. The molecule has 0 bridgehead atoms. The first kappa shape index (κ1) is 25.3. The fourth-order valence-corrected chi connectivity index (χ4v) is 4.51. The number of phenolic OH excluding ortho intramolecular Hbond substituents is 1. The summed E-state index contributed by atoms with van der Waals surface area (Å²) in [5.41, 5.74) is 8.32. The van der Waals surface area contributed by atoms with Crippen molar-refractivity contribution in [3.63, 3.8) is 0 Å². The van der Waals surface area contributed by atoms with E-state index in [9.17, 15) is 5.11 Å². The molecule has 0 unspecified atom stereocenters. The van der Waals surface area contributed by atoms with Crippen molar-refractivity contribution in [2.45, 2.75) is 112 Å². The second-order valence-electron chi connectivity index (χ2n) is 10.1. The summed E-state index contributed by atoms with van der Waals surface area (Å²) in [6.07, 6.45) is 14.6. The maximum absolute atomic E-state index is 10.4. The Balaban J connectivity index is 1.86. The third-order valence-corrected chi connectivity index (χ3v) is 6.96. The van der Waals surface area contributed by atoms with Gasteiger partial charge in [0.25, 0.3) is 0 Å². The zero-order chi connectivity index (χ0) is 23.2. The maximum atomic E-state index is 10.4. The van der Waals surface area contributed by atoms with Crippen LogP contribution in [0.25, 0.3) is 0 Å². The number of hydrogen-bond acceptors (Lipinski definition) is 2. The molecule has 0 aliphatic carbocycles. The monoisotopic (exact) mass is 424 g/mol. The minimum atomic E-state index is -0.135. The molecule has 1 aromatic rings. The van der Waals surface area contributed by atoms with Crippen LogP contribution in [0.3, 0.4) is 0 Å². The van der Waals surface area contributed by atoms with E-state index in [-0.39, 0.29) is 5.60 Å². The van der Waals surface area contributed by atoms with Gasteiger partial charge in [-0.3, -0.25) is 0 Å². The molecular weight excluding hydrogens is 380 g/mol. The van der Waals surface area contributed by atoms with Gasteiger partial charge in [0, 0.05) is 5.56 Å². The number of benzene rings is 1. The summed E-state index contributed by atoms with van der Waals surface area (Å²) in [5.74, 6) is 1.44. The van der Waals surface area contributed by atoms with Crippen molar-refractivity contribution in [3.05, 3.63) is 57.7 Å². The Morgan fingerprint density at radius 1 is 0.968 bits per heavy atom. The number of phenols is 1. The zero-order valence-corrected chi connectivity index (χ0v) is 21.1. The van der Waals surface area contributed by atoms with Crippen molar-refractivity contribution in [1.82, 2.24) is 0 Å².